The van der Waals surface area contributed by atoms with E-state index in [1.165, 1.54) is 0 Å². The third-order valence-corrected chi connectivity index (χ3v) is 8.09. The fraction of sp³-hybridized carbons (Fsp3) is 0.750. The summed E-state index contributed by atoms with van der Waals surface area (Å²) in [5.74, 6) is 1.10. The monoisotopic (exact) mass is 449 g/mol. The molecular formula is C20H31N7O3S. The molecule has 3 fully saturated rings. The van der Waals surface area contributed by atoms with Gasteiger partial charge >= 0.3 is 0 Å². The summed E-state index contributed by atoms with van der Waals surface area (Å²) in [6.07, 6.45) is 4.34. The number of aliphatic imine (C=N–C) groups is 1. The van der Waals surface area contributed by atoms with Crippen LogP contribution in [0.15, 0.2) is 16.1 Å². The average molecular weight is 450 g/mol. The summed E-state index contributed by atoms with van der Waals surface area (Å²) in [6.45, 7) is 3.94. The highest BCUT2D eigenvalue weighted by Gasteiger charge is 2.39. The number of carbonyl (C=O) groups is 2. The van der Waals surface area contributed by atoms with Crippen molar-refractivity contribution in [2.45, 2.75) is 43.5 Å². The zero-order chi connectivity index (χ0) is 21.4. The molecule has 4 N–H and O–H groups in total. The van der Waals surface area contributed by atoms with Gasteiger partial charge in [-0.25, -0.2) is 4.99 Å². The Kier molecular flexibility index (Phi) is 6.09. The summed E-state index contributed by atoms with van der Waals surface area (Å²) in [6, 6.07) is 0. The minimum Gasteiger partial charge on any atom is -0.378 e. The molecule has 5 atom stereocenters. The molecule has 10 nitrogen and oxygen atoms in total. The van der Waals surface area contributed by atoms with Crippen molar-refractivity contribution in [1.29, 1.82) is 0 Å². The van der Waals surface area contributed by atoms with E-state index in [2.05, 4.69) is 31.4 Å². The number of thioether (sulfide) groups is 1. The van der Waals surface area contributed by atoms with Gasteiger partial charge in [0.05, 0.1) is 11.5 Å². The van der Waals surface area contributed by atoms with Crippen LogP contribution in [-0.4, -0.2) is 85.1 Å². The van der Waals surface area contributed by atoms with E-state index in [4.69, 9.17) is 4.74 Å². The van der Waals surface area contributed by atoms with E-state index in [0.29, 0.717) is 36.7 Å². The first kappa shape index (κ1) is 21.0. The van der Waals surface area contributed by atoms with E-state index in [1.54, 1.807) is 16.7 Å². The molecule has 1 aliphatic carbocycles. The normalized spacial score (nSPS) is 35.6. The molecule has 31 heavy (non-hydrogen) atoms. The number of ether oxygens (including phenoxy) is 1. The number of amides is 2. The Morgan fingerprint density at radius 3 is 2.87 bits per heavy atom. The first-order valence-corrected chi connectivity index (χ1v) is 12.1. The molecule has 170 valence electrons. The standard InChI is InChI=1S/C20H31N7O3S/c1-26-5-7-27(8-6-26)19(29)16-22-20(25-24-16)23-17(28)14-11-31-18(21-14)13-2-3-15-12(10-13)4-9-30-15/h11-13,15,18,20-21,25H,2-10H2,1H3,(H,22,24)(H,23,28). The average Bonchev–Trinajstić information content (AvgIpc) is 3.53. The molecule has 0 spiro atoms. The molecule has 4 heterocycles. The Balaban J connectivity index is 1.10. The molecular weight excluding hydrogens is 418 g/mol. The molecule has 0 bridgehead atoms. The van der Waals surface area contributed by atoms with Gasteiger partial charge in [0.2, 0.25) is 5.84 Å². The Labute approximate surface area is 186 Å². The maximum Gasteiger partial charge on any atom is 0.290 e. The molecule has 2 saturated heterocycles. The van der Waals surface area contributed by atoms with Gasteiger partial charge in [-0.2, -0.15) is 5.43 Å². The lowest BCUT2D eigenvalue weighted by atomic mass is 9.79. The summed E-state index contributed by atoms with van der Waals surface area (Å²) in [4.78, 5) is 33.6. The van der Waals surface area contributed by atoms with Crippen molar-refractivity contribution in [1.82, 2.24) is 31.3 Å². The lowest BCUT2D eigenvalue weighted by Gasteiger charge is -2.34. The maximum atomic E-state index is 12.7. The topological polar surface area (TPSA) is 110 Å². The number of amidine groups is 1. The van der Waals surface area contributed by atoms with Gasteiger partial charge in [0.1, 0.15) is 5.70 Å². The number of hydrogen-bond acceptors (Lipinski definition) is 9. The SMILES string of the molecule is CN1CCN(C(=O)C2=NC(NC(=O)C3=CSC(C4CCC5OCCC5C4)N3)NN2)CC1. The number of nitrogens with zero attached hydrogens (tertiary/aromatic N) is 3. The van der Waals surface area contributed by atoms with Gasteiger partial charge in [-0.3, -0.25) is 15.0 Å². The van der Waals surface area contributed by atoms with Crippen LogP contribution in [0.3, 0.4) is 0 Å². The molecule has 11 heteroatoms. The summed E-state index contributed by atoms with van der Waals surface area (Å²) in [5.41, 5.74) is 6.25. The molecule has 5 aliphatic rings. The second kappa shape index (κ2) is 8.97. The van der Waals surface area contributed by atoms with Crippen LogP contribution in [0.1, 0.15) is 25.7 Å². The van der Waals surface area contributed by atoms with Crippen LogP contribution < -0.4 is 21.5 Å². The number of piperazine rings is 1. The van der Waals surface area contributed by atoms with Crippen molar-refractivity contribution in [3.63, 3.8) is 0 Å². The van der Waals surface area contributed by atoms with Gasteiger partial charge in [0, 0.05) is 38.2 Å². The Morgan fingerprint density at radius 2 is 2.03 bits per heavy atom. The number of rotatable bonds is 4. The summed E-state index contributed by atoms with van der Waals surface area (Å²) in [5, 5.41) is 8.37. The van der Waals surface area contributed by atoms with Gasteiger partial charge in [0.25, 0.3) is 11.8 Å². The minimum atomic E-state index is -0.670. The number of fused-ring (bicyclic) bond motifs is 1. The van der Waals surface area contributed by atoms with Crippen LogP contribution in [-0.2, 0) is 14.3 Å². The predicted octanol–water partition coefficient (Wildman–Crippen LogP) is -0.624. The highest BCUT2D eigenvalue weighted by molar-refractivity contribution is 8.03. The van der Waals surface area contributed by atoms with Gasteiger partial charge in [-0.05, 0) is 44.6 Å². The molecule has 0 radical (unpaired) electrons. The van der Waals surface area contributed by atoms with Crippen LogP contribution in [0.5, 0.6) is 0 Å². The third kappa shape index (κ3) is 4.55. The Bertz CT molecular complexity index is 783. The summed E-state index contributed by atoms with van der Waals surface area (Å²) >= 11 is 1.69. The van der Waals surface area contributed by atoms with Crippen molar-refractivity contribution in [3.8, 4) is 0 Å². The molecule has 0 aromatic heterocycles. The van der Waals surface area contributed by atoms with Gasteiger partial charge in [-0.1, -0.05) is 0 Å². The van der Waals surface area contributed by atoms with E-state index < -0.39 is 6.29 Å². The quantitative estimate of drug-likeness (QED) is 0.449. The van der Waals surface area contributed by atoms with Crippen LogP contribution in [0, 0.1) is 11.8 Å². The highest BCUT2D eigenvalue weighted by Crippen LogP contribution is 2.42. The number of hydrazine groups is 1. The van der Waals surface area contributed by atoms with Crippen molar-refractivity contribution >= 4 is 29.4 Å². The minimum absolute atomic E-state index is 0.141. The second-order valence-corrected chi connectivity index (χ2v) is 10.00. The third-order valence-electron chi connectivity index (χ3n) is 6.92. The number of nitrogens with one attached hydrogen (secondary N) is 4. The van der Waals surface area contributed by atoms with Crippen LogP contribution >= 0.6 is 11.8 Å². The lowest BCUT2D eigenvalue weighted by molar-refractivity contribution is -0.125. The number of carbonyl (C=O) groups excluding carboxylic acids is 2. The molecule has 0 aromatic carbocycles. The molecule has 0 aromatic rings. The zero-order valence-corrected chi connectivity index (χ0v) is 18.6. The van der Waals surface area contributed by atoms with Crippen molar-refractivity contribution in [2.24, 2.45) is 16.8 Å². The van der Waals surface area contributed by atoms with Crippen molar-refractivity contribution in [2.75, 3.05) is 39.8 Å². The van der Waals surface area contributed by atoms with Crippen LogP contribution in [0.2, 0.25) is 0 Å². The van der Waals surface area contributed by atoms with Gasteiger partial charge in [-0.15, -0.1) is 11.8 Å². The maximum absolute atomic E-state index is 12.7. The summed E-state index contributed by atoms with van der Waals surface area (Å²) in [7, 11) is 2.04. The van der Waals surface area contributed by atoms with Crippen molar-refractivity contribution in [3.05, 3.63) is 11.1 Å². The Morgan fingerprint density at radius 1 is 1.19 bits per heavy atom. The van der Waals surface area contributed by atoms with Crippen LogP contribution in [0.4, 0.5) is 0 Å². The number of likely N-dealkylation sites (N-methyl/N-ethyl adjacent to an activating group) is 1. The first-order chi connectivity index (χ1) is 15.1. The van der Waals surface area contributed by atoms with Gasteiger partial charge < -0.3 is 25.2 Å². The van der Waals surface area contributed by atoms with E-state index >= 15 is 0 Å². The molecule has 5 rings (SSSR count). The summed E-state index contributed by atoms with van der Waals surface area (Å²) < 4.78 is 5.81. The molecule has 2 amide bonds. The first-order valence-electron chi connectivity index (χ1n) is 11.2. The lowest BCUT2D eigenvalue weighted by Crippen LogP contribution is -2.52. The molecule has 5 unspecified atom stereocenters. The fourth-order valence-corrected chi connectivity index (χ4v) is 6.14. The largest absolute Gasteiger partial charge is 0.378 e. The predicted molar refractivity (Wildman–Crippen MR) is 117 cm³/mol. The van der Waals surface area contributed by atoms with E-state index in [0.717, 1.165) is 45.4 Å². The van der Waals surface area contributed by atoms with E-state index in [9.17, 15) is 9.59 Å². The van der Waals surface area contributed by atoms with Gasteiger partial charge in [0.15, 0.2) is 6.29 Å². The second-order valence-electron chi connectivity index (χ2n) is 8.98. The van der Waals surface area contributed by atoms with E-state index in [1.807, 2.05) is 12.5 Å². The number of hydrogen-bond donors (Lipinski definition) is 4. The van der Waals surface area contributed by atoms with Crippen molar-refractivity contribution < 1.29 is 14.3 Å². The van der Waals surface area contributed by atoms with Crippen LogP contribution in [0.25, 0.3) is 0 Å². The molecule has 1 saturated carbocycles. The smallest absolute Gasteiger partial charge is 0.290 e. The molecule has 4 aliphatic heterocycles. The highest BCUT2D eigenvalue weighted by atomic mass is 32.2. The Hall–Kier alpha value is -1.82. The zero-order valence-electron chi connectivity index (χ0n) is 17.8. The van der Waals surface area contributed by atoms with E-state index in [-0.39, 0.29) is 23.0 Å². The fourth-order valence-electron chi connectivity index (χ4n) is 5.02.